The number of rotatable bonds is 11. The van der Waals surface area contributed by atoms with Gasteiger partial charge in [0, 0.05) is 43.7 Å². The van der Waals surface area contributed by atoms with Crippen LogP contribution in [-0.2, 0) is 22.6 Å². The fourth-order valence-corrected chi connectivity index (χ4v) is 3.70. The molecule has 0 saturated carbocycles. The first kappa shape index (κ1) is 24.3. The summed E-state index contributed by atoms with van der Waals surface area (Å²) in [6, 6.07) is 23.3. The Kier molecular flexibility index (Phi) is 8.84. The van der Waals surface area contributed by atoms with Crippen molar-refractivity contribution in [1.29, 1.82) is 0 Å². The van der Waals surface area contributed by atoms with Crippen LogP contribution in [0, 0.1) is 0 Å². The lowest BCUT2D eigenvalue weighted by molar-refractivity contribution is -0.133. The van der Waals surface area contributed by atoms with Gasteiger partial charge in [0.2, 0.25) is 5.91 Å². The summed E-state index contributed by atoms with van der Waals surface area (Å²) in [7, 11) is 1.63. The Balaban J connectivity index is 1.75. The molecule has 6 nitrogen and oxygen atoms in total. The zero-order chi connectivity index (χ0) is 23.6. The van der Waals surface area contributed by atoms with Gasteiger partial charge in [-0.05, 0) is 43.7 Å². The summed E-state index contributed by atoms with van der Waals surface area (Å²) in [5.41, 5.74) is 2.82. The van der Waals surface area contributed by atoms with Crippen LogP contribution in [0.4, 0.5) is 0 Å². The maximum absolute atomic E-state index is 13.4. The number of nitrogens with zero attached hydrogens (tertiary/aromatic N) is 3. The number of benzene rings is 2. The quantitative estimate of drug-likeness (QED) is 0.445. The average Bonchev–Trinajstić information content (AvgIpc) is 3.27. The SMILES string of the molecule is COCCN(Cc1cccn1Cc1ccccc1)C(=O)CN(C(=O)c1ccccc1)C(C)C. The normalized spacial score (nSPS) is 10.9. The van der Waals surface area contributed by atoms with Crippen LogP contribution in [0.3, 0.4) is 0 Å². The summed E-state index contributed by atoms with van der Waals surface area (Å²) in [6.07, 6.45) is 2.03. The number of methoxy groups -OCH3 is 1. The Hall–Kier alpha value is -3.38. The number of hydrogen-bond donors (Lipinski definition) is 0. The summed E-state index contributed by atoms with van der Waals surface area (Å²) in [5, 5.41) is 0. The van der Waals surface area contributed by atoms with Crippen LogP contribution in [-0.4, -0.2) is 59.0 Å². The van der Waals surface area contributed by atoms with Crippen LogP contribution in [0.5, 0.6) is 0 Å². The van der Waals surface area contributed by atoms with Crippen LogP contribution in [0.25, 0.3) is 0 Å². The van der Waals surface area contributed by atoms with Crippen molar-refractivity contribution in [3.8, 4) is 0 Å². The van der Waals surface area contributed by atoms with E-state index in [1.165, 1.54) is 5.56 Å². The second-order valence-electron chi connectivity index (χ2n) is 8.31. The molecule has 0 aliphatic rings. The maximum Gasteiger partial charge on any atom is 0.254 e. The number of amides is 2. The van der Waals surface area contributed by atoms with Crippen molar-refractivity contribution in [2.75, 3.05) is 26.8 Å². The monoisotopic (exact) mass is 447 g/mol. The molecule has 0 spiro atoms. The molecular weight excluding hydrogens is 414 g/mol. The molecule has 1 heterocycles. The molecule has 33 heavy (non-hydrogen) atoms. The van der Waals surface area contributed by atoms with E-state index in [1.54, 1.807) is 29.0 Å². The van der Waals surface area contributed by atoms with E-state index in [-0.39, 0.29) is 24.4 Å². The van der Waals surface area contributed by atoms with E-state index in [1.807, 2.05) is 68.6 Å². The maximum atomic E-state index is 13.4. The lowest BCUT2D eigenvalue weighted by Gasteiger charge is -2.30. The lowest BCUT2D eigenvalue weighted by atomic mass is 10.1. The molecule has 2 aromatic carbocycles. The van der Waals surface area contributed by atoms with Crippen LogP contribution in [0.15, 0.2) is 79.0 Å². The summed E-state index contributed by atoms with van der Waals surface area (Å²) in [4.78, 5) is 29.8. The van der Waals surface area contributed by atoms with Crippen molar-refractivity contribution >= 4 is 11.8 Å². The third kappa shape index (κ3) is 6.80. The number of carbonyl (C=O) groups is 2. The molecule has 0 bridgehead atoms. The highest BCUT2D eigenvalue weighted by Crippen LogP contribution is 2.13. The van der Waals surface area contributed by atoms with Crippen molar-refractivity contribution in [2.45, 2.75) is 33.0 Å². The van der Waals surface area contributed by atoms with E-state index < -0.39 is 0 Å². The van der Waals surface area contributed by atoms with Gasteiger partial charge in [0.25, 0.3) is 5.91 Å². The summed E-state index contributed by atoms with van der Waals surface area (Å²) < 4.78 is 7.41. The van der Waals surface area contributed by atoms with Gasteiger partial charge in [0.1, 0.15) is 6.54 Å². The van der Waals surface area contributed by atoms with Crippen LogP contribution < -0.4 is 0 Å². The minimum Gasteiger partial charge on any atom is -0.383 e. The van der Waals surface area contributed by atoms with Gasteiger partial charge in [0.05, 0.1) is 13.2 Å². The third-order valence-electron chi connectivity index (χ3n) is 5.60. The van der Waals surface area contributed by atoms with Gasteiger partial charge in [-0.2, -0.15) is 0 Å². The first-order valence-corrected chi connectivity index (χ1v) is 11.3. The fraction of sp³-hybridized carbons (Fsp3) is 0.333. The minimum atomic E-state index is -0.141. The molecule has 6 heteroatoms. The Bertz CT molecular complexity index is 1020. The molecule has 3 aromatic rings. The van der Waals surface area contributed by atoms with Crippen molar-refractivity contribution in [3.63, 3.8) is 0 Å². The molecule has 0 N–H and O–H groups in total. The second kappa shape index (κ2) is 12.0. The van der Waals surface area contributed by atoms with Crippen molar-refractivity contribution in [2.24, 2.45) is 0 Å². The molecule has 2 amide bonds. The van der Waals surface area contributed by atoms with E-state index in [0.29, 0.717) is 25.3 Å². The van der Waals surface area contributed by atoms with E-state index >= 15 is 0 Å². The van der Waals surface area contributed by atoms with Gasteiger partial charge in [-0.25, -0.2) is 0 Å². The van der Waals surface area contributed by atoms with E-state index in [0.717, 1.165) is 12.2 Å². The van der Waals surface area contributed by atoms with Gasteiger partial charge in [-0.3, -0.25) is 9.59 Å². The zero-order valence-electron chi connectivity index (χ0n) is 19.7. The number of carbonyl (C=O) groups excluding carboxylic acids is 2. The van der Waals surface area contributed by atoms with Gasteiger partial charge in [0.15, 0.2) is 0 Å². The average molecular weight is 448 g/mol. The van der Waals surface area contributed by atoms with E-state index in [9.17, 15) is 9.59 Å². The van der Waals surface area contributed by atoms with Crippen molar-refractivity contribution < 1.29 is 14.3 Å². The Morgan fingerprint density at radius 3 is 2.24 bits per heavy atom. The molecule has 0 radical (unpaired) electrons. The molecule has 0 fully saturated rings. The Morgan fingerprint density at radius 2 is 1.61 bits per heavy atom. The first-order valence-electron chi connectivity index (χ1n) is 11.3. The summed E-state index contributed by atoms with van der Waals surface area (Å²) in [6.45, 7) is 5.95. The van der Waals surface area contributed by atoms with E-state index in [2.05, 4.69) is 16.7 Å². The Morgan fingerprint density at radius 1 is 0.939 bits per heavy atom. The van der Waals surface area contributed by atoms with Crippen molar-refractivity contribution in [3.05, 3.63) is 95.8 Å². The molecule has 0 unspecified atom stereocenters. The highest BCUT2D eigenvalue weighted by molar-refractivity contribution is 5.96. The number of aromatic nitrogens is 1. The van der Waals surface area contributed by atoms with Gasteiger partial charge in [-0.1, -0.05) is 48.5 Å². The van der Waals surface area contributed by atoms with Gasteiger partial charge >= 0.3 is 0 Å². The van der Waals surface area contributed by atoms with Crippen LogP contribution in [0.1, 0.15) is 35.5 Å². The first-order chi connectivity index (χ1) is 16.0. The van der Waals surface area contributed by atoms with Crippen LogP contribution in [0.2, 0.25) is 0 Å². The fourth-order valence-electron chi connectivity index (χ4n) is 3.70. The van der Waals surface area contributed by atoms with Crippen LogP contribution >= 0.6 is 0 Å². The standard InChI is InChI=1S/C27H33N3O3/c1-22(2)30(27(32)24-13-8-5-9-14-24)21-26(31)29(17-18-33-3)20-25-15-10-16-28(25)19-23-11-6-4-7-12-23/h4-16,22H,17-21H2,1-3H3. The highest BCUT2D eigenvalue weighted by Gasteiger charge is 2.25. The molecule has 0 aliphatic carbocycles. The molecule has 1 aromatic heterocycles. The Labute approximate surface area is 196 Å². The third-order valence-corrected chi connectivity index (χ3v) is 5.60. The molecule has 0 saturated heterocycles. The minimum absolute atomic E-state index is 0.0223. The van der Waals surface area contributed by atoms with Crippen molar-refractivity contribution in [1.82, 2.24) is 14.4 Å². The lowest BCUT2D eigenvalue weighted by Crippen LogP contribution is -2.46. The molecule has 3 rings (SSSR count). The molecular formula is C27H33N3O3. The highest BCUT2D eigenvalue weighted by atomic mass is 16.5. The predicted molar refractivity (Wildman–Crippen MR) is 130 cm³/mol. The topological polar surface area (TPSA) is 54.8 Å². The number of hydrogen-bond acceptors (Lipinski definition) is 3. The van der Waals surface area contributed by atoms with E-state index in [4.69, 9.17) is 4.74 Å². The summed E-state index contributed by atoms with van der Waals surface area (Å²) >= 11 is 0. The van der Waals surface area contributed by atoms with Gasteiger partial charge in [-0.15, -0.1) is 0 Å². The zero-order valence-corrected chi connectivity index (χ0v) is 19.7. The molecule has 0 aliphatic heterocycles. The predicted octanol–water partition coefficient (Wildman–Crippen LogP) is 4.06. The second-order valence-corrected chi connectivity index (χ2v) is 8.31. The molecule has 174 valence electrons. The largest absolute Gasteiger partial charge is 0.383 e. The molecule has 0 atom stereocenters. The smallest absolute Gasteiger partial charge is 0.254 e. The number of ether oxygens (including phenoxy) is 1. The van der Waals surface area contributed by atoms with Gasteiger partial charge < -0.3 is 19.1 Å². The summed E-state index contributed by atoms with van der Waals surface area (Å²) in [5.74, 6) is -0.240.